The maximum Gasteiger partial charge on any atom is 0.268 e. The molecule has 1 N–H and O–H groups in total. The molecule has 1 aliphatic rings. The quantitative estimate of drug-likeness (QED) is 0.898. The van der Waals surface area contributed by atoms with Crippen LogP contribution in [-0.4, -0.2) is 35.3 Å². The summed E-state index contributed by atoms with van der Waals surface area (Å²) in [6.45, 7) is 1.96. The highest BCUT2D eigenvalue weighted by atomic mass is 35.5. The van der Waals surface area contributed by atoms with E-state index >= 15 is 0 Å². The summed E-state index contributed by atoms with van der Waals surface area (Å²) in [5.41, 5.74) is 0.757. The van der Waals surface area contributed by atoms with Gasteiger partial charge in [0.25, 0.3) is 11.5 Å². The van der Waals surface area contributed by atoms with Gasteiger partial charge in [-0.3, -0.25) is 9.59 Å². The first-order valence-electron chi connectivity index (χ1n) is 7.95. The number of aromatic nitrogens is 2. The molecular formula is C17H18ClFN4O2. The zero-order valence-corrected chi connectivity index (χ0v) is 14.5. The Bertz CT molecular complexity index is 855. The molecule has 1 aromatic carbocycles. The first-order chi connectivity index (χ1) is 11.9. The summed E-state index contributed by atoms with van der Waals surface area (Å²) < 4.78 is 14.5. The zero-order chi connectivity index (χ0) is 18.0. The third-order valence-electron chi connectivity index (χ3n) is 4.33. The lowest BCUT2D eigenvalue weighted by Gasteiger charge is -2.18. The van der Waals surface area contributed by atoms with Gasteiger partial charge < -0.3 is 10.2 Å². The standard InChI is InChI=1S/C17H18ClFN4O2/c1-22-16(24)7-13(9-21-22)23-5-4-11(10-23)8-20-17(25)14-6-12(19)2-3-15(14)18/h2-3,6-7,9,11H,4-5,8,10H2,1H3,(H,20,25). The molecule has 3 rings (SSSR count). The third-order valence-corrected chi connectivity index (χ3v) is 4.66. The molecule has 1 aromatic heterocycles. The van der Waals surface area contributed by atoms with Crippen LogP contribution in [0.2, 0.25) is 5.02 Å². The number of carbonyl (C=O) groups is 1. The molecular weight excluding hydrogens is 347 g/mol. The zero-order valence-electron chi connectivity index (χ0n) is 13.7. The number of rotatable bonds is 4. The van der Waals surface area contributed by atoms with Gasteiger partial charge in [0.15, 0.2) is 0 Å². The van der Waals surface area contributed by atoms with Crippen molar-refractivity contribution in [1.82, 2.24) is 15.1 Å². The molecule has 1 unspecified atom stereocenters. The molecule has 1 atom stereocenters. The average Bonchev–Trinajstić information content (AvgIpc) is 3.06. The van der Waals surface area contributed by atoms with Crippen molar-refractivity contribution in [3.05, 3.63) is 57.2 Å². The van der Waals surface area contributed by atoms with Crippen LogP contribution in [-0.2, 0) is 7.05 Å². The molecule has 8 heteroatoms. The van der Waals surface area contributed by atoms with Crippen LogP contribution in [0.1, 0.15) is 16.8 Å². The minimum Gasteiger partial charge on any atom is -0.370 e. The molecule has 2 heterocycles. The van der Waals surface area contributed by atoms with Crippen LogP contribution in [0.4, 0.5) is 10.1 Å². The van der Waals surface area contributed by atoms with Crippen LogP contribution in [0, 0.1) is 11.7 Å². The molecule has 2 aromatic rings. The van der Waals surface area contributed by atoms with Gasteiger partial charge in [-0.15, -0.1) is 0 Å². The van der Waals surface area contributed by atoms with Crippen LogP contribution in [0.5, 0.6) is 0 Å². The average molecular weight is 365 g/mol. The number of hydrogen-bond donors (Lipinski definition) is 1. The molecule has 0 aliphatic carbocycles. The minimum atomic E-state index is -0.500. The van der Waals surface area contributed by atoms with Crippen LogP contribution >= 0.6 is 11.6 Å². The Kier molecular flexibility index (Phi) is 5.03. The van der Waals surface area contributed by atoms with Gasteiger partial charge >= 0.3 is 0 Å². The lowest BCUT2D eigenvalue weighted by Crippen LogP contribution is -2.31. The third kappa shape index (κ3) is 3.99. The lowest BCUT2D eigenvalue weighted by molar-refractivity contribution is 0.0948. The van der Waals surface area contributed by atoms with Gasteiger partial charge in [-0.2, -0.15) is 5.10 Å². The van der Waals surface area contributed by atoms with Gasteiger partial charge in [-0.1, -0.05) is 11.6 Å². The Morgan fingerprint density at radius 2 is 2.24 bits per heavy atom. The highest BCUT2D eigenvalue weighted by Gasteiger charge is 2.24. The molecule has 1 amide bonds. The lowest BCUT2D eigenvalue weighted by atomic mass is 10.1. The van der Waals surface area contributed by atoms with E-state index in [0.29, 0.717) is 13.1 Å². The number of halogens is 2. The first-order valence-corrected chi connectivity index (χ1v) is 8.33. The molecule has 25 heavy (non-hydrogen) atoms. The maximum absolute atomic E-state index is 13.3. The molecule has 0 radical (unpaired) electrons. The van der Waals surface area contributed by atoms with Crippen molar-refractivity contribution < 1.29 is 9.18 Å². The molecule has 0 spiro atoms. The van der Waals surface area contributed by atoms with E-state index in [1.54, 1.807) is 19.3 Å². The van der Waals surface area contributed by atoms with Crippen LogP contribution in [0.15, 0.2) is 35.3 Å². The van der Waals surface area contributed by atoms with Gasteiger partial charge in [0.05, 0.1) is 22.5 Å². The SMILES string of the molecule is Cn1ncc(N2CCC(CNC(=O)c3cc(F)ccc3Cl)C2)cc1=O. The summed E-state index contributed by atoms with van der Waals surface area (Å²) in [6, 6.07) is 5.27. The predicted octanol–water partition coefficient (Wildman–Crippen LogP) is 1.83. The van der Waals surface area contributed by atoms with Crippen LogP contribution in [0.25, 0.3) is 0 Å². The summed E-state index contributed by atoms with van der Waals surface area (Å²) in [5.74, 6) is -0.654. The number of aryl methyl sites for hydroxylation is 1. The van der Waals surface area contributed by atoms with E-state index in [-0.39, 0.29) is 22.1 Å². The Morgan fingerprint density at radius 3 is 3.00 bits per heavy atom. The van der Waals surface area contributed by atoms with E-state index in [9.17, 15) is 14.0 Å². The molecule has 1 aliphatic heterocycles. The Balaban J connectivity index is 1.58. The minimum absolute atomic E-state index is 0.132. The van der Waals surface area contributed by atoms with Gasteiger partial charge in [0, 0.05) is 32.7 Å². The molecule has 132 valence electrons. The second-order valence-corrected chi connectivity index (χ2v) is 6.52. The summed E-state index contributed by atoms with van der Waals surface area (Å²) in [5, 5.41) is 7.05. The number of nitrogens with zero attached hydrogens (tertiary/aromatic N) is 3. The fourth-order valence-electron chi connectivity index (χ4n) is 2.87. The maximum atomic E-state index is 13.3. The molecule has 0 bridgehead atoms. The summed E-state index contributed by atoms with van der Waals surface area (Å²) in [7, 11) is 1.60. The van der Waals surface area contributed by atoms with Gasteiger partial charge in [0.2, 0.25) is 0 Å². The smallest absolute Gasteiger partial charge is 0.268 e. The summed E-state index contributed by atoms with van der Waals surface area (Å²) in [6.07, 6.45) is 2.54. The second kappa shape index (κ2) is 7.23. The fraction of sp³-hybridized carbons (Fsp3) is 0.353. The molecule has 6 nitrogen and oxygen atoms in total. The van der Waals surface area contributed by atoms with E-state index < -0.39 is 11.7 Å². The van der Waals surface area contributed by atoms with E-state index in [1.807, 2.05) is 0 Å². The molecule has 1 saturated heterocycles. The van der Waals surface area contributed by atoms with Crippen molar-refractivity contribution in [1.29, 1.82) is 0 Å². The molecule has 0 saturated carbocycles. The predicted molar refractivity (Wildman–Crippen MR) is 93.5 cm³/mol. The molecule has 1 fully saturated rings. The largest absolute Gasteiger partial charge is 0.370 e. The first kappa shape index (κ1) is 17.4. The second-order valence-electron chi connectivity index (χ2n) is 6.11. The van der Waals surface area contributed by atoms with Gasteiger partial charge in [-0.05, 0) is 30.5 Å². The van der Waals surface area contributed by atoms with E-state index in [1.165, 1.54) is 16.8 Å². The number of anilines is 1. The Labute approximate surface area is 149 Å². The Morgan fingerprint density at radius 1 is 1.44 bits per heavy atom. The highest BCUT2D eigenvalue weighted by Crippen LogP contribution is 2.22. The van der Waals surface area contributed by atoms with E-state index in [2.05, 4.69) is 15.3 Å². The van der Waals surface area contributed by atoms with Gasteiger partial charge in [-0.25, -0.2) is 9.07 Å². The number of amides is 1. The van der Waals surface area contributed by atoms with Crippen molar-refractivity contribution in [2.24, 2.45) is 13.0 Å². The van der Waals surface area contributed by atoms with E-state index in [4.69, 9.17) is 11.6 Å². The number of hydrogen-bond acceptors (Lipinski definition) is 4. The van der Waals surface area contributed by atoms with Crippen LogP contribution < -0.4 is 15.8 Å². The monoisotopic (exact) mass is 364 g/mol. The van der Waals surface area contributed by atoms with Crippen molar-refractivity contribution in [3.63, 3.8) is 0 Å². The summed E-state index contributed by atoms with van der Waals surface area (Å²) in [4.78, 5) is 25.9. The van der Waals surface area contributed by atoms with Crippen molar-refractivity contribution in [3.8, 4) is 0 Å². The van der Waals surface area contributed by atoms with Gasteiger partial charge in [0.1, 0.15) is 5.82 Å². The Hall–Kier alpha value is -2.41. The van der Waals surface area contributed by atoms with E-state index in [0.717, 1.165) is 24.7 Å². The number of nitrogens with one attached hydrogen (secondary N) is 1. The highest BCUT2D eigenvalue weighted by molar-refractivity contribution is 6.33. The van der Waals surface area contributed by atoms with Crippen LogP contribution in [0.3, 0.4) is 0 Å². The fourth-order valence-corrected chi connectivity index (χ4v) is 3.07. The normalized spacial score (nSPS) is 16.9. The number of benzene rings is 1. The topological polar surface area (TPSA) is 67.2 Å². The van der Waals surface area contributed by atoms with Crippen molar-refractivity contribution >= 4 is 23.2 Å². The van der Waals surface area contributed by atoms with Crippen molar-refractivity contribution in [2.45, 2.75) is 6.42 Å². The van der Waals surface area contributed by atoms with Crippen molar-refractivity contribution in [2.75, 3.05) is 24.5 Å². The summed E-state index contributed by atoms with van der Waals surface area (Å²) >= 11 is 5.94. The number of carbonyl (C=O) groups excluding carboxylic acids is 1.